The zero-order valence-corrected chi connectivity index (χ0v) is 13.5. The molecule has 1 atom stereocenters. The van der Waals surface area contributed by atoms with Crippen LogP contribution in [-0.4, -0.2) is 28.7 Å². The molecule has 1 unspecified atom stereocenters. The molecule has 0 aliphatic carbocycles. The highest BCUT2D eigenvalue weighted by Crippen LogP contribution is 2.33. The van der Waals surface area contributed by atoms with Crippen LogP contribution in [0.2, 0.25) is 0 Å². The van der Waals surface area contributed by atoms with E-state index in [0.29, 0.717) is 25.1 Å². The molecule has 2 aromatic carbocycles. The summed E-state index contributed by atoms with van der Waals surface area (Å²) in [5.74, 6) is -1.58. The Kier molecular flexibility index (Phi) is 3.42. The van der Waals surface area contributed by atoms with E-state index >= 15 is 0 Å². The van der Waals surface area contributed by atoms with Crippen LogP contribution in [0.25, 0.3) is 22.2 Å². The predicted molar refractivity (Wildman–Crippen MR) is 90.6 cm³/mol. The number of rotatable bonds is 2. The van der Waals surface area contributed by atoms with E-state index in [1.54, 1.807) is 31.2 Å². The van der Waals surface area contributed by atoms with Gasteiger partial charge in [-0.05, 0) is 24.6 Å². The molecular formula is C18H16F3N3O. The Balaban J connectivity index is 1.73. The summed E-state index contributed by atoms with van der Waals surface area (Å²) in [4.78, 5) is 17.9. The summed E-state index contributed by atoms with van der Waals surface area (Å²) >= 11 is 0. The van der Waals surface area contributed by atoms with Crippen molar-refractivity contribution in [1.82, 2.24) is 9.97 Å². The number of nitrogens with one attached hydrogen (secondary N) is 2. The van der Waals surface area contributed by atoms with E-state index in [1.807, 2.05) is 4.90 Å². The number of nitrogens with zero attached hydrogens (tertiary/aromatic N) is 1. The first-order valence-corrected chi connectivity index (χ1v) is 7.98. The highest BCUT2D eigenvalue weighted by Gasteiger charge is 2.33. The SMILES string of the molecule is CC1(F)CCN(c2ccc(-c3c(F)cc4[nH]c(=O)[nH]c4c3F)cc2)C1. The van der Waals surface area contributed by atoms with Crippen molar-refractivity contribution in [3.63, 3.8) is 0 Å². The molecule has 1 aliphatic rings. The molecule has 1 fully saturated rings. The smallest absolute Gasteiger partial charge is 0.323 e. The third-order valence-electron chi connectivity index (χ3n) is 4.65. The second-order valence-corrected chi connectivity index (χ2v) is 6.68. The molecule has 4 nitrogen and oxygen atoms in total. The lowest BCUT2D eigenvalue weighted by Gasteiger charge is -2.20. The average Bonchev–Trinajstić information content (AvgIpc) is 3.10. The molecule has 0 spiro atoms. The Bertz CT molecular complexity index is 1000. The molecule has 0 saturated carbocycles. The lowest BCUT2D eigenvalue weighted by atomic mass is 10.0. The van der Waals surface area contributed by atoms with Crippen molar-refractivity contribution in [2.75, 3.05) is 18.0 Å². The van der Waals surface area contributed by atoms with Gasteiger partial charge in [0.05, 0.1) is 17.6 Å². The summed E-state index contributed by atoms with van der Waals surface area (Å²) < 4.78 is 43.0. The summed E-state index contributed by atoms with van der Waals surface area (Å²) in [6, 6.07) is 7.73. The first-order valence-electron chi connectivity index (χ1n) is 7.98. The van der Waals surface area contributed by atoms with Crippen LogP contribution in [0, 0.1) is 11.6 Å². The van der Waals surface area contributed by atoms with E-state index in [0.717, 1.165) is 11.8 Å². The van der Waals surface area contributed by atoms with Crippen LogP contribution in [0.5, 0.6) is 0 Å². The zero-order chi connectivity index (χ0) is 17.8. The van der Waals surface area contributed by atoms with E-state index in [2.05, 4.69) is 9.97 Å². The summed E-state index contributed by atoms with van der Waals surface area (Å²) in [5.41, 5.74) is -0.831. The highest BCUT2D eigenvalue weighted by molar-refractivity contribution is 5.83. The quantitative estimate of drug-likeness (QED) is 0.742. The minimum Gasteiger partial charge on any atom is -0.368 e. The van der Waals surface area contributed by atoms with Gasteiger partial charge >= 0.3 is 5.69 Å². The molecule has 3 aromatic rings. The standard InChI is InChI=1S/C18H16F3N3O/c1-18(21)6-7-24(9-18)11-4-2-10(3-5-11)14-12(19)8-13-16(15(14)20)23-17(25)22-13/h2-5,8H,6-7,9H2,1H3,(H2,22,23,25). The second-order valence-electron chi connectivity index (χ2n) is 6.68. The third kappa shape index (κ3) is 2.69. The number of hydrogen-bond acceptors (Lipinski definition) is 2. The Hall–Kier alpha value is -2.70. The van der Waals surface area contributed by atoms with Crippen molar-refractivity contribution in [1.29, 1.82) is 0 Å². The largest absolute Gasteiger partial charge is 0.368 e. The normalized spacial score (nSPS) is 20.6. The number of H-pyrrole nitrogens is 2. The van der Waals surface area contributed by atoms with Crippen LogP contribution in [0.4, 0.5) is 18.9 Å². The fourth-order valence-corrected chi connectivity index (χ4v) is 3.36. The number of anilines is 1. The van der Waals surface area contributed by atoms with Gasteiger partial charge in [0.2, 0.25) is 0 Å². The third-order valence-corrected chi connectivity index (χ3v) is 4.65. The van der Waals surface area contributed by atoms with Crippen LogP contribution < -0.4 is 10.6 Å². The maximum Gasteiger partial charge on any atom is 0.323 e. The number of aromatic amines is 2. The molecule has 0 bridgehead atoms. The predicted octanol–water partition coefficient (Wildman–Crippen LogP) is 3.74. The number of fused-ring (bicyclic) bond motifs is 1. The molecule has 2 N–H and O–H groups in total. The Morgan fingerprint density at radius 2 is 1.88 bits per heavy atom. The molecule has 1 aromatic heterocycles. The van der Waals surface area contributed by atoms with Crippen molar-refractivity contribution >= 4 is 16.7 Å². The number of imidazole rings is 1. The Morgan fingerprint density at radius 3 is 2.52 bits per heavy atom. The van der Waals surface area contributed by atoms with Crippen molar-refractivity contribution in [3.05, 3.63) is 52.5 Å². The van der Waals surface area contributed by atoms with Gasteiger partial charge in [-0.2, -0.15) is 0 Å². The molecule has 25 heavy (non-hydrogen) atoms. The van der Waals surface area contributed by atoms with Gasteiger partial charge in [0.15, 0.2) is 5.82 Å². The Labute approximate surface area is 141 Å². The number of halogens is 3. The summed E-state index contributed by atoms with van der Waals surface area (Å²) in [6.07, 6.45) is 0.454. The summed E-state index contributed by atoms with van der Waals surface area (Å²) in [6.45, 7) is 2.47. The number of aromatic nitrogens is 2. The Morgan fingerprint density at radius 1 is 1.16 bits per heavy atom. The van der Waals surface area contributed by atoms with E-state index in [-0.39, 0.29) is 16.6 Å². The van der Waals surface area contributed by atoms with Crippen molar-refractivity contribution in [2.24, 2.45) is 0 Å². The topological polar surface area (TPSA) is 51.9 Å². The lowest BCUT2D eigenvalue weighted by molar-refractivity contribution is 0.221. The molecule has 0 radical (unpaired) electrons. The molecular weight excluding hydrogens is 331 g/mol. The maximum absolute atomic E-state index is 14.6. The van der Waals surface area contributed by atoms with Crippen LogP contribution >= 0.6 is 0 Å². The summed E-state index contributed by atoms with van der Waals surface area (Å²) in [5, 5.41) is 0. The van der Waals surface area contributed by atoms with Gasteiger partial charge in [-0.3, -0.25) is 0 Å². The monoisotopic (exact) mass is 347 g/mol. The van der Waals surface area contributed by atoms with Crippen molar-refractivity contribution < 1.29 is 13.2 Å². The van der Waals surface area contributed by atoms with E-state index < -0.39 is 23.0 Å². The van der Waals surface area contributed by atoms with Crippen LogP contribution in [-0.2, 0) is 0 Å². The summed E-state index contributed by atoms with van der Waals surface area (Å²) in [7, 11) is 0. The molecule has 2 heterocycles. The number of hydrogen-bond donors (Lipinski definition) is 2. The average molecular weight is 347 g/mol. The minimum absolute atomic E-state index is 0.0572. The number of alkyl halides is 1. The number of benzene rings is 2. The molecule has 130 valence electrons. The minimum atomic E-state index is -1.22. The maximum atomic E-state index is 14.6. The van der Waals surface area contributed by atoms with Gasteiger partial charge in [-0.15, -0.1) is 0 Å². The molecule has 7 heteroatoms. The fraction of sp³-hybridized carbons (Fsp3) is 0.278. The van der Waals surface area contributed by atoms with Gasteiger partial charge in [-0.1, -0.05) is 12.1 Å². The van der Waals surface area contributed by atoms with Gasteiger partial charge in [0.25, 0.3) is 0 Å². The first-order chi connectivity index (χ1) is 11.8. The van der Waals surface area contributed by atoms with E-state index in [1.165, 1.54) is 0 Å². The van der Waals surface area contributed by atoms with Crippen molar-refractivity contribution in [2.45, 2.75) is 19.0 Å². The van der Waals surface area contributed by atoms with Gasteiger partial charge in [0.1, 0.15) is 17.0 Å². The van der Waals surface area contributed by atoms with Crippen molar-refractivity contribution in [3.8, 4) is 11.1 Å². The zero-order valence-electron chi connectivity index (χ0n) is 13.5. The molecule has 4 rings (SSSR count). The highest BCUT2D eigenvalue weighted by atomic mass is 19.1. The van der Waals surface area contributed by atoms with Gasteiger partial charge in [-0.25, -0.2) is 18.0 Å². The van der Waals surface area contributed by atoms with Gasteiger partial charge in [0, 0.05) is 24.7 Å². The van der Waals surface area contributed by atoms with E-state index in [4.69, 9.17) is 0 Å². The lowest BCUT2D eigenvalue weighted by Crippen LogP contribution is -2.25. The molecule has 1 aliphatic heterocycles. The molecule has 1 saturated heterocycles. The molecule has 0 amide bonds. The van der Waals surface area contributed by atoms with Crippen LogP contribution in [0.15, 0.2) is 35.1 Å². The van der Waals surface area contributed by atoms with Gasteiger partial charge < -0.3 is 14.9 Å². The van der Waals surface area contributed by atoms with Crippen LogP contribution in [0.1, 0.15) is 13.3 Å². The second kappa shape index (κ2) is 5.40. The van der Waals surface area contributed by atoms with Crippen LogP contribution in [0.3, 0.4) is 0 Å². The van der Waals surface area contributed by atoms with E-state index in [9.17, 15) is 18.0 Å². The first kappa shape index (κ1) is 15.8. The fourth-order valence-electron chi connectivity index (χ4n) is 3.36.